The fourth-order valence-corrected chi connectivity index (χ4v) is 3.31. The molecule has 1 aromatic heterocycles. The maximum atomic E-state index is 6.20. The van der Waals surface area contributed by atoms with Crippen LogP contribution in [0.5, 0.6) is 0 Å². The number of nitrogens with zero attached hydrogens (tertiary/aromatic N) is 2. The van der Waals surface area contributed by atoms with Crippen molar-refractivity contribution in [3.8, 4) is 0 Å². The van der Waals surface area contributed by atoms with Crippen LogP contribution in [0.25, 0.3) is 10.9 Å². The fraction of sp³-hybridized carbons (Fsp3) is 0.130. The van der Waals surface area contributed by atoms with Crippen LogP contribution in [-0.2, 0) is 6.42 Å². The minimum Gasteiger partial charge on any atom is -0.363 e. The summed E-state index contributed by atoms with van der Waals surface area (Å²) in [5.74, 6) is 1.61. The van der Waals surface area contributed by atoms with Gasteiger partial charge in [0.25, 0.3) is 0 Å². The number of hydrogen-bond acceptors (Lipinski definition) is 3. The second-order valence-electron chi connectivity index (χ2n) is 6.59. The van der Waals surface area contributed by atoms with Gasteiger partial charge in [-0.3, -0.25) is 0 Å². The van der Waals surface area contributed by atoms with Gasteiger partial charge in [0.1, 0.15) is 11.6 Å². The van der Waals surface area contributed by atoms with Crippen molar-refractivity contribution >= 4 is 28.3 Å². The summed E-state index contributed by atoms with van der Waals surface area (Å²) in [6.45, 7) is 2.13. The van der Waals surface area contributed by atoms with Crippen molar-refractivity contribution in [2.24, 2.45) is 0 Å². The molecule has 4 heteroatoms. The average Bonchev–Trinajstić information content (AvgIpc) is 2.69. The van der Waals surface area contributed by atoms with Crippen LogP contribution in [0, 0.1) is 0 Å². The van der Waals surface area contributed by atoms with Crippen molar-refractivity contribution in [2.45, 2.75) is 19.4 Å². The van der Waals surface area contributed by atoms with Crippen LogP contribution in [-0.4, -0.2) is 9.97 Å². The van der Waals surface area contributed by atoms with Crippen LogP contribution >= 0.6 is 11.6 Å². The van der Waals surface area contributed by atoms with Crippen LogP contribution in [0.3, 0.4) is 0 Å². The Labute approximate surface area is 164 Å². The first kappa shape index (κ1) is 17.5. The van der Waals surface area contributed by atoms with Gasteiger partial charge in [-0.05, 0) is 36.2 Å². The Balaban J connectivity index is 1.73. The normalized spacial score (nSPS) is 12.1. The van der Waals surface area contributed by atoms with Crippen LogP contribution in [0.15, 0.2) is 78.9 Å². The molecular weight excluding hydrogens is 354 g/mol. The van der Waals surface area contributed by atoms with Gasteiger partial charge in [0.15, 0.2) is 0 Å². The Morgan fingerprint density at radius 3 is 2.33 bits per heavy atom. The Kier molecular flexibility index (Phi) is 5.03. The molecule has 0 fully saturated rings. The van der Waals surface area contributed by atoms with Crippen molar-refractivity contribution < 1.29 is 0 Å². The van der Waals surface area contributed by atoms with Gasteiger partial charge in [-0.1, -0.05) is 72.3 Å². The fourth-order valence-electron chi connectivity index (χ4n) is 3.15. The maximum Gasteiger partial charge on any atom is 0.138 e. The molecule has 27 heavy (non-hydrogen) atoms. The summed E-state index contributed by atoms with van der Waals surface area (Å²) in [6, 6.07) is 26.5. The number of benzene rings is 3. The van der Waals surface area contributed by atoms with E-state index in [1.54, 1.807) is 0 Å². The maximum absolute atomic E-state index is 6.20. The number of hydrogen-bond donors (Lipinski definition) is 1. The summed E-state index contributed by atoms with van der Waals surface area (Å²) in [7, 11) is 0. The number of anilines is 1. The summed E-state index contributed by atoms with van der Waals surface area (Å²) in [5.41, 5.74) is 3.25. The van der Waals surface area contributed by atoms with E-state index in [0.29, 0.717) is 11.4 Å². The van der Waals surface area contributed by atoms with Crippen LogP contribution in [0.2, 0.25) is 5.02 Å². The van der Waals surface area contributed by atoms with E-state index in [1.807, 2.05) is 54.6 Å². The molecule has 0 aliphatic carbocycles. The topological polar surface area (TPSA) is 37.8 Å². The van der Waals surface area contributed by atoms with Gasteiger partial charge in [-0.2, -0.15) is 0 Å². The van der Waals surface area contributed by atoms with Crippen molar-refractivity contribution in [1.29, 1.82) is 0 Å². The molecule has 1 heterocycles. The largest absolute Gasteiger partial charge is 0.363 e. The average molecular weight is 374 g/mol. The molecule has 1 N–H and O–H groups in total. The molecule has 0 spiro atoms. The van der Waals surface area contributed by atoms with E-state index in [2.05, 4.69) is 36.5 Å². The predicted octanol–water partition coefficient (Wildman–Crippen LogP) is 6.05. The first-order valence-corrected chi connectivity index (χ1v) is 9.38. The second-order valence-corrected chi connectivity index (χ2v) is 7.03. The van der Waals surface area contributed by atoms with Crippen molar-refractivity contribution in [3.63, 3.8) is 0 Å². The standard InChI is InChI=1S/C23H20ClN3/c1-16(18-10-6-3-7-11-18)25-23-20-13-12-19(24)15-21(20)26-22(27-23)14-17-8-4-2-5-9-17/h2-13,15-16H,14H2,1H3,(H,25,26,27)/t16-/m0/s1. The number of aromatic nitrogens is 2. The molecule has 0 saturated heterocycles. The van der Waals surface area contributed by atoms with Crippen LogP contribution in [0.4, 0.5) is 5.82 Å². The highest BCUT2D eigenvalue weighted by atomic mass is 35.5. The third-order valence-corrected chi connectivity index (χ3v) is 4.80. The molecule has 0 aliphatic rings. The monoisotopic (exact) mass is 373 g/mol. The summed E-state index contributed by atoms with van der Waals surface area (Å²) in [5, 5.41) is 5.20. The van der Waals surface area contributed by atoms with E-state index in [0.717, 1.165) is 22.5 Å². The van der Waals surface area contributed by atoms with Crippen LogP contribution in [0.1, 0.15) is 29.9 Å². The van der Waals surface area contributed by atoms with Gasteiger partial charge in [-0.15, -0.1) is 0 Å². The Morgan fingerprint density at radius 2 is 1.59 bits per heavy atom. The highest BCUT2D eigenvalue weighted by Gasteiger charge is 2.12. The highest BCUT2D eigenvalue weighted by molar-refractivity contribution is 6.31. The van der Waals surface area contributed by atoms with E-state index >= 15 is 0 Å². The number of nitrogens with one attached hydrogen (secondary N) is 1. The molecule has 0 unspecified atom stereocenters. The lowest BCUT2D eigenvalue weighted by atomic mass is 10.1. The second kappa shape index (κ2) is 7.77. The van der Waals surface area contributed by atoms with E-state index in [1.165, 1.54) is 11.1 Å². The van der Waals surface area contributed by atoms with Gasteiger partial charge >= 0.3 is 0 Å². The number of rotatable bonds is 5. The van der Waals surface area contributed by atoms with Gasteiger partial charge in [0.2, 0.25) is 0 Å². The highest BCUT2D eigenvalue weighted by Crippen LogP contribution is 2.27. The number of halogens is 1. The molecule has 0 radical (unpaired) electrons. The minimum absolute atomic E-state index is 0.129. The molecule has 4 aromatic rings. The summed E-state index contributed by atoms with van der Waals surface area (Å²) >= 11 is 6.20. The Hall–Kier alpha value is -2.91. The van der Waals surface area contributed by atoms with E-state index in [-0.39, 0.29) is 6.04 Å². The smallest absolute Gasteiger partial charge is 0.138 e. The van der Waals surface area contributed by atoms with Crippen molar-refractivity contribution in [3.05, 3.63) is 101 Å². The Morgan fingerprint density at radius 1 is 0.889 bits per heavy atom. The van der Waals surface area contributed by atoms with Gasteiger partial charge in [-0.25, -0.2) is 9.97 Å². The van der Waals surface area contributed by atoms with Gasteiger partial charge < -0.3 is 5.32 Å². The minimum atomic E-state index is 0.129. The molecule has 0 aliphatic heterocycles. The van der Waals surface area contributed by atoms with Crippen molar-refractivity contribution in [2.75, 3.05) is 5.32 Å². The zero-order chi connectivity index (χ0) is 18.6. The summed E-state index contributed by atoms with van der Waals surface area (Å²) < 4.78 is 0. The first-order chi connectivity index (χ1) is 13.2. The first-order valence-electron chi connectivity index (χ1n) is 9.00. The predicted molar refractivity (Wildman–Crippen MR) is 112 cm³/mol. The summed E-state index contributed by atoms with van der Waals surface area (Å²) in [6.07, 6.45) is 0.678. The SMILES string of the molecule is C[C@H](Nc1nc(Cc2ccccc2)nc2cc(Cl)ccc12)c1ccccc1. The third-order valence-electron chi connectivity index (χ3n) is 4.56. The number of fused-ring (bicyclic) bond motifs is 1. The Bertz CT molecular complexity index is 1050. The van der Waals surface area contributed by atoms with Gasteiger partial charge in [0, 0.05) is 22.9 Å². The molecule has 0 saturated carbocycles. The molecule has 0 amide bonds. The lowest BCUT2D eigenvalue weighted by Crippen LogP contribution is -2.10. The third kappa shape index (κ3) is 4.09. The molecule has 1 atom stereocenters. The molecule has 3 nitrogen and oxygen atoms in total. The van der Waals surface area contributed by atoms with E-state index in [9.17, 15) is 0 Å². The van der Waals surface area contributed by atoms with Gasteiger partial charge in [0.05, 0.1) is 5.52 Å². The lowest BCUT2D eigenvalue weighted by molar-refractivity contribution is 0.867. The van der Waals surface area contributed by atoms with Crippen LogP contribution < -0.4 is 5.32 Å². The molecule has 0 bridgehead atoms. The van der Waals surface area contributed by atoms with E-state index in [4.69, 9.17) is 21.6 Å². The molecule has 3 aromatic carbocycles. The van der Waals surface area contributed by atoms with Crippen molar-refractivity contribution in [1.82, 2.24) is 9.97 Å². The zero-order valence-corrected chi connectivity index (χ0v) is 15.8. The zero-order valence-electron chi connectivity index (χ0n) is 15.1. The molecular formula is C23H20ClN3. The molecule has 134 valence electrons. The van der Waals surface area contributed by atoms with E-state index < -0.39 is 0 Å². The summed E-state index contributed by atoms with van der Waals surface area (Å²) in [4.78, 5) is 9.56. The lowest BCUT2D eigenvalue weighted by Gasteiger charge is -2.17. The molecule has 4 rings (SSSR count). The quantitative estimate of drug-likeness (QED) is 0.463.